The molecule has 9 nitrogen and oxygen atoms in total. The van der Waals surface area contributed by atoms with Crippen molar-refractivity contribution in [1.82, 2.24) is 10.2 Å². The van der Waals surface area contributed by atoms with E-state index in [1.807, 2.05) is 30.3 Å². The summed E-state index contributed by atoms with van der Waals surface area (Å²) in [7, 11) is -1.43. The van der Waals surface area contributed by atoms with Crippen LogP contribution in [0.4, 0.5) is 5.69 Å². The van der Waals surface area contributed by atoms with Crippen molar-refractivity contribution < 1.29 is 27.5 Å². The molecule has 0 fully saturated rings. The van der Waals surface area contributed by atoms with Crippen LogP contribution in [0.15, 0.2) is 108 Å². The van der Waals surface area contributed by atoms with Gasteiger partial charge in [-0.25, -0.2) is 8.42 Å². The van der Waals surface area contributed by atoms with E-state index in [1.165, 1.54) is 37.3 Å². The standard InChI is InChI=1S/C34H36ClN3O6S/c1-4-36-34(40)31(21-25-11-7-5-8-12-25)37(23-26-15-17-27(35)18-16-26)33(39)24-38(45(41,42)29-13-9-6-10-14-29)30-22-28(43-2)19-20-32(30)44-3/h5-20,22,31H,4,21,23-24H2,1-3H3,(H,36,40)/t31-/m0/s1. The van der Waals surface area contributed by atoms with Gasteiger partial charge in [0.05, 0.1) is 24.8 Å². The topological polar surface area (TPSA) is 105 Å². The van der Waals surface area contributed by atoms with Gasteiger partial charge in [0.25, 0.3) is 10.0 Å². The van der Waals surface area contributed by atoms with Crippen LogP contribution < -0.4 is 19.1 Å². The first-order chi connectivity index (χ1) is 21.7. The minimum atomic E-state index is -4.30. The maximum atomic E-state index is 14.5. The summed E-state index contributed by atoms with van der Waals surface area (Å²) in [6.07, 6.45) is 0.208. The van der Waals surface area contributed by atoms with Crippen molar-refractivity contribution in [3.8, 4) is 11.5 Å². The number of methoxy groups -OCH3 is 2. The van der Waals surface area contributed by atoms with E-state index >= 15 is 0 Å². The smallest absolute Gasteiger partial charge is 0.264 e. The van der Waals surface area contributed by atoms with Crippen LogP contribution in [-0.2, 0) is 32.6 Å². The van der Waals surface area contributed by atoms with Gasteiger partial charge >= 0.3 is 0 Å². The van der Waals surface area contributed by atoms with Crippen LogP contribution in [0.25, 0.3) is 0 Å². The van der Waals surface area contributed by atoms with Gasteiger partial charge in [-0.05, 0) is 54.4 Å². The lowest BCUT2D eigenvalue weighted by molar-refractivity contribution is -0.140. The zero-order valence-electron chi connectivity index (χ0n) is 25.4. The molecule has 0 aliphatic carbocycles. The normalized spacial score (nSPS) is 11.7. The first-order valence-corrected chi connectivity index (χ1v) is 16.1. The van der Waals surface area contributed by atoms with E-state index in [1.54, 1.807) is 61.5 Å². The number of nitrogens with one attached hydrogen (secondary N) is 1. The lowest BCUT2D eigenvalue weighted by atomic mass is 10.0. The zero-order chi connectivity index (χ0) is 32.4. The monoisotopic (exact) mass is 649 g/mol. The van der Waals surface area contributed by atoms with Gasteiger partial charge in [0, 0.05) is 30.6 Å². The van der Waals surface area contributed by atoms with Gasteiger partial charge < -0.3 is 19.7 Å². The Hall–Kier alpha value is -4.54. The van der Waals surface area contributed by atoms with Crippen LogP contribution in [0.5, 0.6) is 11.5 Å². The number of hydrogen-bond donors (Lipinski definition) is 1. The molecule has 0 bridgehead atoms. The molecule has 1 atom stereocenters. The van der Waals surface area contributed by atoms with Crippen LogP contribution in [-0.4, -0.2) is 58.5 Å². The highest BCUT2D eigenvalue weighted by atomic mass is 35.5. The van der Waals surface area contributed by atoms with Crippen LogP contribution in [0.2, 0.25) is 5.02 Å². The number of anilines is 1. The molecule has 0 heterocycles. The minimum absolute atomic E-state index is 0.0171. The van der Waals surface area contributed by atoms with Gasteiger partial charge in [-0.2, -0.15) is 0 Å². The summed E-state index contributed by atoms with van der Waals surface area (Å²) < 4.78 is 40.4. The Bertz CT molecular complexity index is 1690. The van der Waals surface area contributed by atoms with Crippen LogP contribution >= 0.6 is 11.6 Å². The van der Waals surface area contributed by atoms with E-state index < -0.39 is 28.5 Å². The molecule has 0 spiro atoms. The Morgan fingerprint density at radius 1 is 0.844 bits per heavy atom. The fourth-order valence-electron chi connectivity index (χ4n) is 4.86. The Morgan fingerprint density at radius 3 is 2.09 bits per heavy atom. The fourth-order valence-corrected chi connectivity index (χ4v) is 6.42. The molecule has 4 rings (SSSR count). The summed E-state index contributed by atoms with van der Waals surface area (Å²) in [5.74, 6) is -0.368. The predicted octanol–water partition coefficient (Wildman–Crippen LogP) is 5.33. The van der Waals surface area contributed by atoms with Gasteiger partial charge in [0.1, 0.15) is 24.1 Å². The molecule has 0 aliphatic rings. The lowest BCUT2D eigenvalue weighted by Gasteiger charge is -2.34. The van der Waals surface area contributed by atoms with Crippen LogP contribution in [0, 0.1) is 0 Å². The van der Waals surface area contributed by atoms with Crippen molar-refractivity contribution in [3.63, 3.8) is 0 Å². The number of amides is 2. The largest absolute Gasteiger partial charge is 0.497 e. The molecular formula is C34H36ClN3O6S. The molecule has 0 saturated heterocycles. The summed E-state index contributed by atoms with van der Waals surface area (Å²) in [6.45, 7) is 1.55. The molecule has 4 aromatic rings. The lowest BCUT2D eigenvalue weighted by Crippen LogP contribution is -2.53. The Balaban J connectivity index is 1.84. The van der Waals surface area contributed by atoms with Crippen molar-refractivity contribution >= 4 is 39.1 Å². The summed E-state index contributed by atoms with van der Waals surface area (Å²) >= 11 is 6.13. The summed E-state index contributed by atoms with van der Waals surface area (Å²) in [5.41, 5.74) is 1.66. The van der Waals surface area contributed by atoms with Crippen molar-refractivity contribution in [2.75, 3.05) is 31.6 Å². The summed E-state index contributed by atoms with van der Waals surface area (Å²) in [4.78, 5) is 29.5. The number of likely N-dealkylation sites (N-methyl/N-ethyl adjacent to an activating group) is 1. The Kier molecular flexibility index (Phi) is 11.5. The zero-order valence-corrected chi connectivity index (χ0v) is 26.9. The number of nitrogens with zero attached hydrogens (tertiary/aromatic N) is 2. The highest BCUT2D eigenvalue weighted by Crippen LogP contribution is 2.36. The van der Waals surface area contributed by atoms with Crippen molar-refractivity contribution in [2.45, 2.75) is 30.8 Å². The van der Waals surface area contributed by atoms with E-state index in [9.17, 15) is 18.0 Å². The van der Waals surface area contributed by atoms with Crippen molar-refractivity contribution in [1.29, 1.82) is 0 Å². The van der Waals surface area contributed by atoms with Gasteiger partial charge in [-0.15, -0.1) is 0 Å². The third-order valence-electron chi connectivity index (χ3n) is 7.15. The fraction of sp³-hybridized carbons (Fsp3) is 0.235. The molecule has 4 aromatic carbocycles. The third kappa shape index (κ3) is 8.34. The Morgan fingerprint density at radius 2 is 1.49 bits per heavy atom. The molecule has 0 unspecified atom stereocenters. The quantitative estimate of drug-likeness (QED) is 0.198. The van der Waals surface area contributed by atoms with E-state index in [0.717, 1.165) is 9.87 Å². The molecule has 2 amide bonds. The second-order valence-corrected chi connectivity index (χ2v) is 12.4. The second kappa shape index (κ2) is 15.5. The van der Waals surface area contributed by atoms with E-state index in [4.69, 9.17) is 21.1 Å². The SMILES string of the molecule is CCNC(=O)[C@H](Cc1ccccc1)N(Cc1ccc(Cl)cc1)C(=O)CN(c1cc(OC)ccc1OC)S(=O)(=O)c1ccccc1. The van der Waals surface area contributed by atoms with Gasteiger partial charge in [0.15, 0.2) is 0 Å². The average molecular weight is 650 g/mol. The number of halogens is 1. The molecule has 0 radical (unpaired) electrons. The highest BCUT2D eigenvalue weighted by Gasteiger charge is 2.35. The number of benzene rings is 4. The molecule has 236 valence electrons. The first-order valence-electron chi connectivity index (χ1n) is 14.3. The van der Waals surface area contributed by atoms with Crippen LogP contribution in [0.3, 0.4) is 0 Å². The van der Waals surface area contributed by atoms with Crippen molar-refractivity contribution in [2.24, 2.45) is 0 Å². The molecule has 45 heavy (non-hydrogen) atoms. The highest BCUT2D eigenvalue weighted by molar-refractivity contribution is 7.92. The second-order valence-electron chi connectivity index (χ2n) is 10.1. The molecule has 11 heteroatoms. The van der Waals surface area contributed by atoms with Gasteiger partial charge in [-0.1, -0.05) is 72.3 Å². The maximum absolute atomic E-state index is 14.5. The van der Waals surface area contributed by atoms with Gasteiger partial charge in [-0.3, -0.25) is 13.9 Å². The average Bonchev–Trinajstić information content (AvgIpc) is 3.06. The molecule has 1 N–H and O–H groups in total. The third-order valence-corrected chi connectivity index (χ3v) is 9.18. The Labute approximate surface area is 269 Å². The molecule has 0 aliphatic heterocycles. The number of carbonyl (C=O) groups excluding carboxylic acids is 2. The number of hydrogen-bond acceptors (Lipinski definition) is 6. The molecule has 0 aromatic heterocycles. The predicted molar refractivity (Wildman–Crippen MR) is 175 cm³/mol. The number of sulfonamides is 1. The van der Waals surface area contributed by atoms with E-state index in [-0.39, 0.29) is 35.2 Å². The number of rotatable bonds is 14. The number of carbonyl (C=O) groups is 2. The van der Waals surface area contributed by atoms with Crippen LogP contribution in [0.1, 0.15) is 18.1 Å². The first kappa shape index (κ1) is 33.4. The van der Waals surface area contributed by atoms with E-state index in [0.29, 0.717) is 22.9 Å². The molecular weight excluding hydrogens is 614 g/mol. The van der Waals surface area contributed by atoms with Gasteiger partial charge in [0.2, 0.25) is 11.8 Å². The molecule has 0 saturated carbocycles. The number of ether oxygens (including phenoxy) is 2. The van der Waals surface area contributed by atoms with E-state index in [2.05, 4.69) is 5.32 Å². The van der Waals surface area contributed by atoms with Crippen molar-refractivity contribution in [3.05, 3.63) is 119 Å². The minimum Gasteiger partial charge on any atom is -0.497 e. The summed E-state index contributed by atoms with van der Waals surface area (Å²) in [6, 6.07) is 27.9. The summed E-state index contributed by atoms with van der Waals surface area (Å²) in [5, 5.41) is 3.37. The maximum Gasteiger partial charge on any atom is 0.264 e.